The molecule has 6 heteroatoms. The zero-order valence-electron chi connectivity index (χ0n) is 19.9. The Morgan fingerprint density at radius 3 is 2.36 bits per heavy atom. The van der Waals surface area contributed by atoms with Crippen LogP contribution in [0, 0.1) is 0 Å². The van der Waals surface area contributed by atoms with Gasteiger partial charge in [-0.15, -0.1) is 0 Å². The number of carbonyl (C=O) groups excluding carboxylic acids is 2. The van der Waals surface area contributed by atoms with Crippen molar-refractivity contribution in [1.82, 2.24) is 10.2 Å². The summed E-state index contributed by atoms with van der Waals surface area (Å²) in [6.07, 6.45) is 4.77. The number of nitrogens with one attached hydrogen (secondary N) is 1. The molecule has 1 fully saturated rings. The molecule has 1 aliphatic rings. The second kappa shape index (κ2) is 12.1. The molecule has 0 unspecified atom stereocenters. The van der Waals surface area contributed by atoms with E-state index in [0.29, 0.717) is 23.1 Å². The van der Waals surface area contributed by atoms with E-state index in [1.54, 1.807) is 11.0 Å². The van der Waals surface area contributed by atoms with Gasteiger partial charge in [0.2, 0.25) is 5.91 Å². The minimum absolute atomic E-state index is 0.105. The van der Waals surface area contributed by atoms with E-state index in [-0.39, 0.29) is 31.0 Å². The lowest BCUT2D eigenvalue weighted by atomic mass is 10.0. The first-order chi connectivity index (χ1) is 15.9. The van der Waals surface area contributed by atoms with Gasteiger partial charge in [0, 0.05) is 17.6 Å². The standard InChI is InChI=1S/C27H35ClN2O3/c1-4-25(27(32)29-22-10-6-7-11-22)30(17-21-9-5-8-12-24(21)28)26(31)18-33-23-15-13-20(14-16-23)19(2)3/h5,8-9,12-16,19,22,25H,4,6-7,10-11,17-18H2,1-3H3,(H,29,32)/t25-/m0/s1. The quantitative estimate of drug-likeness (QED) is 0.484. The Morgan fingerprint density at radius 2 is 1.76 bits per heavy atom. The van der Waals surface area contributed by atoms with Gasteiger partial charge in [0.1, 0.15) is 11.8 Å². The summed E-state index contributed by atoms with van der Waals surface area (Å²) in [5, 5.41) is 3.73. The predicted molar refractivity (Wildman–Crippen MR) is 133 cm³/mol. The van der Waals surface area contributed by atoms with E-state index in [4.69, 9.17) is 16.3 Å². The Morgan fingerprint density at radius 1 is 1.09 bits per heavy atom. The molecular formula is C27H35ClN2O3. The van der Waals surface area contributed by atoms with E-state index in [1.807, 2.05) is 49.4 Å². The SMILES string of the molecule is CC[C@@H](C(=O)NC1CCCC1)N(Cc1ccccc1Cl)C(=O)COc1ccc(C(C)C)cc1. The smallest absolute Gasteiger partial charge is 0.261 e. The van der Waals surface area contributed by atoms with Gasteiger partial charge in [-0.3, -0.25) is 9.59 Å². The summed E-state index contributed by atoms with van der Waals surface area (Å²) in [5.74, 6) is 0.715. The van der Waals surface area contributed by atoms with Crippen LogP contribution in [0.4, 0.5) is 0 Å². The van der Waals surface area contributed by atoms with Crippen molar-refractivity contribution in [1.29, 1.82) is 0 Å². The van der Waals surface area contributed by atoms with Crippen molar-refractivity contribution >= 4 is 23.4 Å². The van der Waals surface area contributed by atoms with Gasteiger partial charge in [-0.05, 0) is 54.5 Å². The number of rotatable bonds is 10. The van der Waals surface area contributed by atoms with Crippen LogP contribution < -0.4 is 10.1 Å². The normalized spacial score (nSPS) is 14.8. The number of halogens is 1. The van der Waals surface area contributed by atoms with Crippen LogP contribution in [0.3, 0.4) is 0 Å². The lowest BCUT2D eigenvalue weighted by Gasteiger charge is -2.31. The molecule has 33 heavy (non-hydrogen) atoms. The lowest BCUT2D eigenvalue weighted by Crippen LogP contribution is -2.52. The highest BCUT2D eigenvalue weighted by molar-refractivity contribution is 6.31. The summed E-state index contributed by atoms with van der Waals surface area (Å²) in [5.41, 5.74) is 2.02. The van der Waals surface area contributed by atoms with Crippen molar-refractivity contribution in [3.63, 3.8) is 0 Å². The van der Waals surface area contributed by atoms with E-state index < -0.39 is 6.04 Å². The summed E-state index contributed by atoms with van der Waals surface area (Å²) in [6, 6.07) is 14.8. The Balaban J connectivity index is 1.74. The average Bonchev–Trinajstić information content (AvgIpc) is 3.31. The Hall–Kier alpha value is -2.53. The fraction of sp³-hybridized carbons (Fsp3) is 0.481. The molecule has 1 saturated carbocycles. The molecule has 1 N–H and O–H groups in total. The van der Waals surface area contributed by atoms with Gasteiger partial charge >= 0.3 is 0 Å². The first-order valence-corrected chi connectivity index (χ1v) is 12.3. The van der Waals surface area contributed by atoms with Crippen molar-refractivity contribution in [3.05, 3.63) is 64.7 Å². The molecule has 0 heterocycles. The molecule has 0 saturated heterocycles. The molecule has 0 spiro atoms. The molecule has 0 aliphatic heterocycles. The van der Waals surface area contributed by atoms with Crippen molar-refractivity contribution < 1.29 is 14.3 Å². The zero-order chi connectivity index (χ0) is 23.8. The summed E-state index contributed by atoms with van der Waals surface area (Å²) in [4.78, 5) is 28.1. The molecule has 1 atom stereocenters. The number of carbonyl (C=O) groups is 2. The van der Waals surface area contributed by atoms with Crippen LogP contribution in [0.1, 0.15) is 69.9 Å². The fourth-order valence-corrected chi connectivity index (χ4v) is 4.47. The van der Waals surface area contributed by atoms with Crippen molar-refractivity contribution in [3.8, 4) is 5.75 Å². The molecule has 178 valence electrons. The van der Waals surface area contributed by atoms with E-state index in [1.165, 1.54) is 5.56 Å². The van der Waals surface area contributed by atoms with Crippen LogP contribution in [0.15, 0.2) is 48.5 Å². The van der Waals surface area contributed by atoms with E-state index >= 15 is 0 Å². The number of hydrogen-bond donors (Lipinski definition) is 1. The largest absolute Gasteiger partial charge is 0.484 e. The van der Waals surface area contributed by atoms with Crippen molar-refractivity contribution in [2.24, 2.45) is 0 Å². The number of hydrogen-bond acceptors (Lipinski definition) is 3. The van der Waals surface area contributed by atoms with Gasteiger partial charge in [-0.1, -0.05) is 75.5 Å². The highest BCUT2D eigenvalue weighted by Crippen LogP contribution is 2.22. The second-order valence-electron chi connectivity index (χ2n) is 9.04. The topological polar surface area (TPSA) is 58.6 Å². The van der Waals surface area contributed by atoms with Gasteiger partial charge < -0.3 is 15.0 Å². The van der Waals surface area contributed by atoms with E-state index in [0.717, 1.165) is 31.2 Å². The Bertz CT molecular complexity index is 923. The highest BCUT2D eigenvalue weighted by Gasteiger charge is 2.31. The first-order valence-electron chi connectivity index (χ1n) is 11.9. The Labute approximate surface area is 202 Å². The average molecular weight is 471 g/mol. The van der Waals surface area contributed by atoms with Gasteiger partial charge in [-0.25, -0.2) is 0 Å². The highest BCUT2D eigenvalue weighted by atomic mass is 35.5. The number of benzene rings is 2. The molecule has 0 radical (unpaired) electrons. The van der Waals surface area contributed by atoms with E-state index in [2.05, 4.69) is 19.2 Å². The van der Waals surface area contributed by atoms with Gasteiger partial charge in [0.15, 0.2) is 6.61 Å². The third kappa shape index (κ3) is 6.97. The summed E-state index contributed by atoms with van der Waals surface area (Å²) < 4.78 is 5.80. The Kier molecular flexibility index (Phi) is 9.19. The number of ether oxygens (including phenoxy) is 1. The maximum atomic E-state index is 13.3. The lowest BCUT2D eigenvalue weighted by molar-refractivity contribution is -0.143. The third-order valence-electron chi connectivity index (χ3n) is 6.30. The molecular weight excluding hydrogens is 436 g/mol. The van der Waals surface area contributed by atoms with Crippen LogP contribution in [0.25, 0.3) is 0 Å². The summed E-state index contributed by atoms with van der Waals surface area (Å²) in [7, 11) is 0. The summed E-state index contributed by atoms with van der Waals surface area (Å²) in [6.45, 7) is 6.31. The number of nitrogens with zero attached hydrogens (tertiary/aromatic N) is 1. The molecule has 2 aromatic carbocycles. The molecule has 0 bridgehead atoms. The summed E-state index contributed by atoms with van der Waals surface area (Å²) >= 11 is 6.38. The fourth-order valence-electron chi connectivity index (χ4n) is 4.27. The van der Waals surface area contributed by atoms with Crippen LogP contribution >= 0.6 is 11.6 Å². The molecule has 1 aliphatic carbocycles. The van der Waals surface area contributed by atoms with Crippen LogP contribution in [0.5, 0.6) is 5.75 Å². The molecule has 3 rings (SSSR count). The maximum Gasteiger partial charge on any atom is 0.261 e. The van der Waals surface area contributed by atoms with Crippen molar-refractivity contribution in [2.45, 2.75) is 77.4 Å². The van der Waals surface area contributed by atoms with Crippen molar-refractivity contribution in [2.75, 3.05) is 6.61 Å². The zero-order valence-corrected chi connectivity index (χ0v) is 20.6. The molecule has 5 nitrogen and oxygen atoms in total. The van der Waals surface area contributed by atoms with Gasteiger partial charge in [0.05, 0.1) is 0 Å². The van der Waals surface area contributed by atoms with Gasteiger partial charge in [-0.2, -0.15) is 0 Å². The minimum atomic E-state index is -0.582. The molecule has 2 aromatic rings. The van der Waals surface area contributed by atoms with Crippen LogP contribution in [-0.4, -0.2) is 35.4 Å². The second-order valence-corrected chi connectivity index (χ2v) is 9.45. The van der Waals surface area contributed by atoms with Crippen LogP contribution in [0.2, 0.25) is 5.02 Å². The molecule has 0 aromatic heterocycles. The predicted octanol–water partition coefficient (Wildman–Crippen LogP) is 5.71. The van der Waals surface area contributed by atoms with Crippen LogP contribution in [-0.2, 0) is 16.1 Å². The van der Waals surface area contributed by atoms with E-state index in [9.17, 15) is 9.59 Å². The third-order valence-corrected chi connectivity index (χ3v) is 6.66. The number of amides is 2. The molecule has 2 amide bonds. The first kappa shape index (κ1) is 25.1. The maximum absolute atomic E-state index is 13.3. The minimum Gasteiger partial charge on any atom is -0.484 e. The van der Waals surface area contributed by atoms with Gasteiger partial charge in [0.25, 0.3) is 5.91 Å². The monoisotopic (exact) mass is 470 g/mol.